The van der Waals surface area contributed by atoms with Crippen LogP contribution in [0.1, 0.15) is 29.1 Å². The van der Waals surface area contributed by atoms with Crippen molar-refractivity contribution in [2.24, 2.45) is 0 Å². The Hall–Kier alpha value is -3.55. The lowest BCUT2D eigenvalue weighted by Crippen LogP contribution is -2.29. The van der Waals surface area contributed by atoms with Crippen molar-refractivity contribution in [2.75, 3.05) is 19.1 Å². The number of nitrogens with one attached hydrogen (secondary N) is 1. The molecule has 178 valence electrons. The predicted molar refractivity (Wildman–Crippen MR) is 141 cm³/mol. The van der Waals surface area contributed by atoms with E-state index in [0.717, 1.165) is 34.0 Å². The summed E-state index contributed by atoms with van der Waals surface area (Å²) >= 11 is 12.1. The summed E-state index contributed by atoms with van der Waals surface area (Å²) in [5.41, 5.74) is 3.63. The molecule has 0 saturated carbocycles. The summed E-state index contributed by atoms with van der Waals surface area (Å²) in [5, 5.41) is 4.63. The van der Waals surface area contributed by atoms with Crippen molar-refractivity contribution in [1.29, 1.82) is 0 Å². The highest BCUT2D eigenvalue weighted by Gasteiger charge is 2.43. The van der Waals surface area contributed by atoms with E-state index in [1.807, 2.05) is 78.6 Å². The number of aromatic nitrogens is 1. The van der Waals surface area contributed by atoms with E-state index in [1.165, 1.54) is 0 Å². The molecule has 2 aromatic heterocycles. The summed E-state index contributed by atoms with van der Waals surface area (Å²) < 4.78 is 17.7. The molecule has 4 aromatic rings. The Morgan fingerprint density at radius 3 is 2.63 bits per heavy atom. The lowest BCUT2D eigenvalue weighted by molar-refractivity contribution is 0.400. The predicted octanol–water partition coefficient (Wildman–Crippen LogP) is 6.50. The third-order valence-corrected chi connectivity index (χ3v) is 6.68. The number of aryl methyl sites for hydroxylation is 1. The first-order valence-electron chi connectivity index (χ1n) is 11.1. The number of halogens is 1. The molecule has 1 N–H and O–H groups in total. The fraction of sp³-hybridized carbons (Fsp3) is 0.185. The first-order chi connectivity index (χ1) is 17.0. The van der Waals surface area contributed by atoms with Crippen LogP contribution in [0.4, 0.5) is 5.69 Å². The molecule has 6 nitrogen and oxygen atoms in total. The van der Waals surface area contributed by atoms with Gasteiger partial charge in [0, 0.05) is 22.8 Å². The number of furan rings is 1. The lowest BCUT2D eigenvalue weighted by atomic mass is 10.0. The van der Waals surface area contributed by atoms with E-state index in [1.54, 1.807) is 20.4 Å². The van der Waals surface area contributed by atoms with E-state index < -0.39 is 0 Å². The molecular weight excluding hydrogens is 482 g/mol. The Morgan fingerprint density at radius 1 is 1.03 bits per heavy atom. The fourth-order valence-electron chi connectivity index (χ4n) is 4.40. The van der Waals surface area contributed by atoms with Crippen LogP contribution in [0.5, 0.6) is 11.5 Å². The highest BCUT2D eigenvalue weighted by molar-refractivity contribution is 7.80. The van der Waals surface area contributed by atoms with Gasteiger partial charge in [-0.1, -0.05) is 23.7 Å². The minimum atomic E-state index is -0.327. The van der Waals surface area contributed by atoms with Gasteiger partial charge in [0.05, 0.1) is 31.6 Å². The van der Waals surface area contributed by atoms with Crippen LogP contribution in [0.25, 0.3) is 11.3 Å². The summed E-state index contributed by atoms with van der Waals surface area (Å²) in [6, 6.07) is 20.6. The summed E-state index contributed by atoms with van der Waals surface area (Å²) in [4.78, 5) is 6.61. The maximum Gasteiger partial charge on any atom is 0.174 e. The number of pyridine rings is 1. The molecule has 5 rings (SSSR count). The van der Waals surface area contributed by atoms with Gasteiger partial charge in [-0.05, 0) is 73.2 Å². The minimum absolute atomic E-state index is 0.251. The number of anilines is 1. The summed E-state index contributed by atoms with van der Waals surface area (Å²) in [6.45, 7) is 2.03. The Morgan fingerprint density at radius 2 is 1.89 bits per heavy atom. The van der Waals surface area contributed by atoms with Gasteiger partial charge in [-0.25, -0.2) is 0 Å². The second-order valence-corrected chi connectivity index (χ2v) is 9.02. The number of hydrogen-bond donors (Lipinski definition) is 1. The molecule has 2 unspecified atom stereocenters. The smallest absolute Gasteiger partial charge is 0.174 e. The number of methoxy groups -OCH3 is 2. The second-order valence-electron chi connectivity index (χ2n) is 8.20. The van der Waals surface area contributed by atoms with Gasteiger partial charge in [0.25, 0.3) is 0 Å². The molecule has 1 aliphatic heterocycles. The first-order valence-corrected chi connectivity index (χ1v) is 11.9. The molecule has 8 heteroatoms. The highest BCUT2D eigenvalue weighted by Crippen LogP contribution is 2.46. The average Bonchev–Trinajstić information content (AvgIpc) is 3.50. The third-order valence-electron chi connectivity index (χ3n) is 6.13. The van der Waals surface area contributed by atoms with Gasteiger partial charge in [-0.2, -0.15) is 0 Å². The maximum atomic E-state index is 6.47. The zero-order valence-electron chi connectivity index (χ0n) is 19.5. The Labute approximate surface area is 214 Å². The van der Waals surface area contributed by atoms with E-state index >= 15 is 0 Å². The Kier molecular flexibility index (Phi) is 6.36. The van der Waals surface area contributed by atoms with E-state index in [-0.39, 0.29) is 12.1 Å². The molecule has 0 aliphatic carbocycles. The van der Waals surface area contributed by atoms with Crippen molar-refractivity contribution >= 4 is 34.6 Å². The van der Waals surface area contributed by atoms with Crippen LogP contribution < -0.4 is 19.7 Å². The molecule has 35 heavy (non-hydrogen) atoms. The normalized spacial score (nSPS) is 17.4. The topological polar surface area (TPSA) is 59.8 Å². The molecule has 2 aromatic carbocycles. The monoisotopic (exact) mass is 505 g/mol. The highest BCUT2D eigenvalue weighted by atomic mass is 35.5. The van der Waals surface area contributed by atoms with Crippen molar-refractivity contribution < 1.29 is 13.9 Å². The van der Waals surface area contributed by atoms with Gasteiger partial charge in [-0.15, -0.1) is 0 Å². The maximum absolute atomic E-state index is 6.47. The summed E-state index contributed by atoms with van der Waals surface area (Å²) in [6.07, 6.45) is 1.77. The van der Waals surface area contributed by atoms with Crippen LogP contribution in [0, 0.1) is 6.92 Å². The SMILES string of the molecule is COc1ccc(OC)c(N2C(=S)NC(c3ccccn3)C2c2ccc(-c3cc(Cl)ccc3C)o2)c1. The van der Waals surface area contributed by atoms with Crippen LogP contribution >= 0.6 is 23.8 Å². The summed E-state index contributed by atoms with van der Waals surface area (Å²) in [7, 11) is 3.27. The molecule has 0 bridgehead atoms. The van der Waals surface area contributed by atoms with Crippen LogP contribution in [-0.4, -0.2) is 24.3 Å². The lowest BCUT2D eigenvalue weighted by Gasteiger charge is -2.27. The molecule has 1 aliphatic rings. The minimum Gasteiger partial charge on any atom is -0.497 e. The Bertz CT molecular complexity index is 1380. The average molecular weight is 506 g/mol. The van der Waals surface area contributed by atoms with E-state index in [4.69, 9.17) is 37.7 Å². The zero-order valence-corrected chi connectivity index (χ0v) is 21.1. The number of hydrogen-bond acceptors (Lipinski definition) is 5. The standard InChI is InChI=1S/C27H24ClN3O3S/c1-16-7-8-17(28)14-19(16)22-11-12-24(34-22)26-25(20-6-4-5-13-29-20)30-27(35)31(26)21-15-18(32-2)9-10-23(21)33-3/h4-15,25-26H,1-3H3,(H,30,35). The number of ether oxygens (including phenoxy) is 2. The van der Waals surface area contributed by atoms with Gasteiger partial charge >= 0.3 is 0 Å². The molecular formula is C27H24ClN3O3S. The molecule has 0 radical (unpaired) electrons. The summed E-state index contributed by atoms with van der Waals surface area (Å²) in [5.74, 6) is 2.82. The molecule has 0 amide bonds. The molecule has 2 atom stereocenters. The van der Waals surface area contributed by atoms with Crippen molar-refractivity contribution in [1.82, 2.24) is 10.3 Å². The number of benzene rings is 2. The first kappa shape index (κ1) is 23.2. The quantitative estimate of drug-likeness (QED) is 0.300. The fourth-order valence-corrected chi connectivity index (χ4v) is 4.92. The van der Waals surface area contributed by atoms with Crippen molar-refractivity contribution in [3.63, 3.8) is 0 Å². The largest absolute Gasteiger partial charge is 0.497 e. The number of thiocarbonyl (C=S) groups is 1. The van der Waals surface area contributed by atoms with Crippen LogP contribution in [0.3, 0.4) is 0 Å². The molecule has 0 spiro atoms. The van der Waals surface area contributed by atoms with Gasteiger partial charge < -0.3 is 24.1 Å². The van der Waals surface area contributed by atoms with E-state index in [0.29, 0.717) is 21.6 Å². The van der Waals surface area contributed by atoms with Crippen molar-refractivity contribution in [3.8, 4) is 22.8 Å². The Balaban J connectivity index is 1.65. The van der Waals surface area contributed by atoms with Gasteiger partial charge in [-0.3, -0.25) is 4.98 Å². The molecule has 3 heterocycles. The van der Waals surface area contributed by atoms with Crippen molar-refractivity contribution in [3.05, 3.63) is 95.0 Å². The van der Waals surface area contributed by atoms with Crippen LogP contribution in [0.2, 0.25) is 5.02 Å². The zero-order chi connectivity index (χ0) is 24.5. The second kappa shape index (κ2) is 9.60. The van der Waals surface area contributed by atoms with Crippen LogP contribution in [0.15, 0.2) is 77.3 Å². The van der Waals surface area contributed by atoms with Gasteiger partial charge in [0.2, 0.25) is 0 Å². The third kappa shape index (κ3) is 4.33. The van der Waals surface area contributed by atoms with Gasteiger partial charge in [0.15, 0.2) is 5.11 Å². The van der Waals surface area contributed by atoms with E-state index in [2.05, 4.69) is 10.3 Å². The number of nitrogens with zero attached hydrogens (tertiary/aromatic N) is 2. The molecule has 1 saturated heterocycles. The molecule has 1 fully saturated rings. The van der Waals surface area contributed by atoms with E-state index in [9.17, 15) is 0 Å². The van der Waals surface area contributed by atoms with Crippen molar-refractivity contribution in [2.45, 2.75) is 19.0 Å². The van der Waals surface area contributed by atoms with Crippen LogP contribution in [-0.2, 0) is 0 Å². The number of rotatable bonds is 6. The van der Waals surface area contributed by atoms with Gasteiger partial charge in [0.1, 0.15) is 29.1 Å².